The van der Waals surface area contributed by atoms with E-state index in [1.54, 1.807) is 36.4 Å². The number of fused-ring (bicyclic) bond motifs is 1. The minimum Gasteiger partial charge on any atom is -0.453 e. The zero-order chi connectivity index (χ0) is 20.4. The fraction of sp³-hybridized carbons (Fsp3) is 0.0455. The van der Waals surface area contributed by atoms with Crippen LogP contribution in [0.15, 0.2) is 88.2 Å². The van der Waals surface area contributed by atoms with Gasteiger partial charge in [0.25, 0.3) is 0 Å². The first kappa shape index (κ1) is 19.2. The van der Waals surface area contributed by atoms with E-state index in [4.69, 9.17) is 20.8 Å². The lowest BCUT2D eigenvalue weighted by Gasteiger charge is -2.08. The van der Waals surface area contributed by atoms with Crippen molar-refractivity contribution in [3.63, 3.8) is 0 Å². The van der Waals surface area contributed by atoms with E-state index < -0.39 is 15.8 Å². The predicted molar refractivity (Wildman–Crippen MR) is 110 cm³/mol. The fourth-order valence-electron chi connectivity index (χ4n) is 2.94. The molecule has 1 aromatic heterocycles. The van der Waals surface area contributed by atoms with E-state index in [9.17, 15) is 13.2 Å². The van der Waals surface area contributed by atoms with E-state index >= 15 is 0 Å². The second kappa shape index (κ2) is 7.73. The van der Waals surface area contributed by atoms with E-state index in [1.165, 1.54) is 24.3 Å². The van der Waals surface area contributed by atoms with Gasteiger partial charge in [-0.2, -0.15) is 0 Å². The van der Waals surface area contributed by atoms with Crippen LogP contribution in [0.4, 0.5) is 0 Å². The van der Waals surface area contributed by atoms with Crippen molar-refractivity contribution >= 4 is 38.2 Å². The van der Waals surface area contributed by atoms with Gasteiger partial charge in [-0.05, 0) is 36.4 Å². The van der Waals surface area contributed by atoms with Crippen LogP contribution in [-0.4, -0.2) is 14.4 Å². The molecule has 0 N–H and O–H groups in total. The van der Waals surface area contributed by atoms with E-state index in [1.807, 2.05) is 18.2 Å². The molecule has 0 radical (unpaired) electrons. The SMILES string of the molecule is O=C(Oc1ccc(Cl)c2ccccc12)c1ccc(CS(=O)(=O)c2ccccc2)o1. The highest BCUT2D eigenvalue weighted by molar-refractivity contribution is 7.90. The smallest absolute Gasteiger partial charge is 0.379 e. The van der Waals surface area contributed by atoms with Crippen molar-refractivity contribution < 1.29 is 22.4 Å². The number of furan rings is 1. The lowest BCUT2D eigenvalue weighted by molar-refractivity contribution is 0.0702. The van der Waals surface area contributed by atoms with Crippen LogP contribution in [0.3, 0.4) is 0 Å². The number of carbonyl (C=O) groups excluding carboxylic acids is 1. The molecule has 4 rings (SSSR count). The zero-order valence-corrected chi connectivity index (χ0v) is 16.6. The van der Waals surface area contributed by atoms with E-state index in [-0.39, 0.29) is 22.2 Å². The summed E-state index contributed by atoms with van der Waals surface area (Å²) in [4.78, 5) is 12.7. The Morgan fingerprint density at radius 2 is 1.55 bits per heavy atom. The first-order valence-corrected chi connectivity index (χ1v) is 10.7. The first-order chi connectivity index (χ1) is 13.9. The van der Waals surface area contributed by atoms with Crippen LogP contribution in [0, 0.1) is 0 Å². The summed E-state index contributed by atoms with van der Waals surface area (Å²) < 4.78 is 35.8. The third-order valence-electron chi connectivity index (χ3n) is 4.33. The quantitative estimate of drug-likeness (QED) is 0.320. The Kier molecular flexibility index (Phi) is 5.13. The van der Waals surface area contributed by atoms with Gasteiger partial charge in [-0.3, -0.25) is 0 Å². The molecular weight excluding hydrogens is 412 g/mol. The highest BCUT2D eigenvalue weighted by atomic mass is 35.5. The van der Waals surface area contributed by atoms with Crippen LogP contribution in [0.25, 0.3) is 10.8 Å². The van der Waals surface area contributed by atoms with E-state index in [0.717, 1.165) is 5.39 Å². The standard InChI is InChI=1S/C22H15ClO5S/c23-19-11-13-20(18-9-5-4-8-17(18)19)28-22(24)21-12-10-15(27-21)14-29(25,26)16-6-2-1-3-7-16/h1-13H,14H2. The van der Waals surface area contributed by atoms with Gasteiger partial charge in [-0.15, -0.1) is 0 Å². The molecule has 0 atom stereocenters. The molecule has 0 aliphatic rings. The normalized spacial score (nSPS) is 11.5. The van der Waals surface area contributed by atoms with Crippen molar-refractivity contribution in [3.05, 3.63) is 95.4 Å². The number of sulfone groups is 1. The number of carbonyl (C=O) groups is 1. The maximum atomic E-state index is 12.5. The highest BCUT2D eigenvalue weighted by Crippen LogP contribution is 2.32. The number of halogens is 1. The number of hydrogen-bond donors (Lipinski definition) is 0. The highest BCUT2D eigenvalue weighted by Gasteiger charge is 2.20. The summed E-state index contributed by atoms with van der Waals surface area (Å²) >= 11 is 6.18. The number of esters is 1. The molecule has 0 saturated carbocycles. The lowest BCUT2D eigenvalue weighted by atomic mass is 10.1. The van der Waals surface area contributed by atoms with Gasteiger partial charge in [0.05, 0.1) is 4.90 Å². The molecule has 29 heavy (non-hydrogen) atoms. The summed E-state index contributed by atoms with van der Waals surface area (Å²) in [5.74, 6) is -0.663. The van der Waals surface area contributed by atoms with Gasteiger partial charge in [0, 0.05) is 15.8 Å². The Hall–Kier alpha value is -3.09. The Labute approximate surface area is 172 Å². The van der Waals surface area contributed by atoms with Crippen LogP contribution in [0.1, 0.15) is 16.3 Å². The molecule has 0 unspecified atom stereocenters. The summed E-state index contributed by atoms with van der Waals surface area (Å²) in [6.07, 6.45) is 0. The third kappa shape index (κ3) is 4.04. The van der Waals surface area contributed by atoms with Gasteiger partial charge in [-0.25, -0.2) is 13.2 Å². The Morgan fingerprint density at radius 3 is 2.31 bits per heavy atom. The number of hydrogen-bond acceptors (Lipinski definition) is 5. The minimum atomic E-state index is -3.58. The second-order valence-corrected chi connectivity index (χ2v) is 8.72. The minimum absolute atomic E-state index is 0.0812. The summed E-state index contributed by atoms with van der Waals surface area (Å²) in [6, 6.07) is 21.4. The van der Waals surface area contributed by atoms with Crippen LogP contribution in [0.2, 0.25) is 5.02 Å². The molecule has 4 aromatic rings. The zero-order valence-electron chi connectivity index (χ0n) is 15.0. The molecule has 146 valence electrons. The molecule has 3 aromatic carbocycles. The topological polar surface area (TPSA) is 73.6 Å². The Balaban J connectivity index is 1.55. The van der Waals surface area contributed by atoms with Crippen LogP contribution in [-0.2, 0) is 15.6 Å². The largest absolute Gasteiger partial charge is 0.453 e. The number of ether oxygens (including phenoxy) is 1. The predicted octanol–water partition coefficient (Wildman–Crippen LogP) is 5.28. The average Bonchev–Trinajstić information content (AvgIpc) is 3.19. The molecule has 0 bridgehead atoms. The third-order valence-corrected chi connectivity index (χ3v) is 6.32. The van der Waals surface area contributed by atoms with Crippen molar-refractivity contribution in [1.29, 1.82) is 0 Å². The van der Waals surface area contributed by atoms with Gasteiger partial charge in [0.15, 0.2) is 9.84 Å². The summed E-state index contributed by atoms with van der Waals surface area (Å²) in [5, 5.41) is 1.99. The summed E-state index contributed by atoms with van der Waals surface area (Å²) in [6.45, 7) is 0. The number of rotatable bonds is 5. The maximum absolute atomic E-state index is 12.5. The molecule has 0 fully saturated rings. The molecule has 0 saturated heterocycles. The van der Waals surface area contributed by atoms with Crippen molar-refractivity contribution in [2.45, 2.75) is 10.6 Å². The fourth-order valence-corrected chi connectivity index (χ4v) is 4.43. The van der Waals surface area contributed by atoms with Crippen LogP contribution < -0.4 is 4.74 Å². The molecule has 0 aliphatic carbocycles. The van der Waals surface area contributed by atoms with Gasteiger partial charge >= 0.3 is 5.97 Å². The summed E-state index contributed by atoms with van der Waals surface area (Å²) in [7, 11) is -3.58. The van der Waals surface area contributed by atoms with Crippen molar-refractivity contribution in [1.82, 2.24) is 0 Å². The van der Waals surface area contributed by atoms with Crippen LogP contribution in [0.5, 0.6) is 5.75 Å². The molecule has 0 spiro atoms. The van der Waals surface area contributed by atoms with E-state index in [2.05, 4.69) is 0 Å². The lowest BCUT2D eigenvalue weighted by Crippen LogP contribution is -2.08. The molecular formula is C22H15ClO5S. The number of benzene rings is 3. The van der Waals surface area contributed by atoms with Gasteiger partial charge in [-0.1, -0.05) is 54.1 Å². The van der Waals surface area contributed by atoms with Gasteiger partial charge < -0.3 is 9.15 Å². The molecule has 5 nitrogen and oxygen atoms in total. The van der Waals surface area contributed by atoms with Crippen molar-refractivity contribution in [2.24, 2.45) is 0 Å². The maximum Gasteiger partial charge on any atom is 0.379 e. The molecule has 0 amide bonds. The van der Waals surface area contributed by atoms with Crippen molar-refractivity contribution in [3.8, 4) is 5.75 Å². The Morgan fingerprint density at radius 1 is 0.862 bits per heavy atom. The monoisotopic (exact) mass is 426 g/mol. The van der Waals surface area contributed by atoms with Gasteiger partial charge in [0.2, 0.25) is 5.76 Å². The second-order valence-electron chi connectivity index (χ2n) is 6.32. The summed E-state index contributed by atoms with van der Waals surface area (Å²) in [5.41, 5.74) is 0. The Bertz CT molecular complexity index is 1290. The first-order valence-electron chi connectivity index (χ1n) is 8.70. The molecule has 1 heterocycles. The van der Waals surface area contributed by atoms with E-state index in [0.29, 0.717) is 16.2 Å². The molecule has 0 aliphatic heterocycles. The molecule has 7 heteroatoms. The van der Waals surface area contributed by atoms with Crippen molar-refractivity contribution in [2.75, 3.05) is 0 Å². The van der Waals surface area contributed by atoms with Gasteiger partial charge in [0.1, 0.15) is 17.3 Å². The van der Waals surface area contributed by atoms with Crippen LogP contribution >= 0.6 is 11.6 Å². The average molecular weight is 427 g/mol.